The third-order valence-electron chi connectivity index (χ3n) is 2.90. The number of rotatable bonds is 4. The van der Waals surface area contributed by atoms with E-state index in [1.54, 1.807) is 12.1 Å². The maximum Gasteiger partial charge on any atom is 0.269 e. The summed E-state index contributed by atoms with van der Waals surface area (Å²) in [7, 11) is 0. The summed E-state index contributed by atoms with van der Waals surface area (Å²) >= 11 is 5.98. The van der Waals surface area contributed by atoms with Gasteiger partial charge in [-0.3, -0.25) is 10.1 Å². The molecule has 2 aromatic rings. The van der Waals surface area contributed by atoms with E-state index in [0.717, 1.165) is 5.56 Å². The van der Waals surface area contributed by atoms with E-state index in [1.807, 2.05) is 6.92 Å². The van der Waals surface area contributed by atoms with Crippen molar-refractivity contribution >= 4 is 23.0 Å². The van der Waals surface area contributed by atoms with Gasteiger partial charge in [-0.05, 0) is 30.7 Å². The molecule has 0 fully saturated rings. The third-order valence-corrected chi connectivity index (χ3v) is 3.23. The topological polar surface area (TPSA) is 55.2 Å². The van der Waals surface area contributed by atoms with Crippen molar-refractivity contribution in [2.24, 2.45) is 0 Å². The summed E-state index contributed by atoms with van der Waals surface area (Å²) in [6.07, 6.45) is 0. The number of nitrogens with zero attached hydrogens (tertiary/aromatic N) is 1. The number of nitro groups is 1. The van der Waals surface area contributed by atoms with E-state index in [1.165, 1.54) is 30.3 Å². The number of nitrogens with one attached hydrogen (secondary N) is 1. The largest absolute Gasteiger partial charge is 0.377 e. The van der Waals surface area contributed by atoms with Gasteiger partial charge in [0.05, 0.1) is 15.6 Å². The quantitative estimate of drug-likeness (QED) is 0.664. The lowest BCUT2D eigenvalue weighted by Gasteiger charge is -2.16. The molecular weight excluding hydrogens is 283 g/mol. The van der Waals surface area contributed by atoms with E-state index < -0.39 is 4.92 Å². The fourth-order valence-electron chi connectivity index (χ4n) is 1.81. The number of hydrogen-bond donors (Lipinski definition) is 1. The van der Waals surface area contributed by atoms with Crippen molar-refractivity contribution in [2.75, 3.05) is 5.32 Å². The molecule has 6 heteroatoms. The van der Waals surface area contributed by atoms with Crippen molar-refractivity contribution in [3.63, 3.8) is 0 Å². The number of non-ortho nitro benzene ring substituents is 1. The average molecular weight is 295 g/mol. The molecule has 0 aliphatic carbocycles. The minimum atomic E-state index is -0.453. The Hall–Kier alpha value is -2.14. The Morgan fingerprint density at radius 3 is 2.50 bits per heavy atom. The lowest BCUT2D eigenvalue weighted by molar-refractivity contribution is -0.384. The first-order valence-electron chi connectivity index (χ1n) is 5.93. The van der Waals surface area contributed by atoms with Gasteiger partial charge < -0.3 is 5.32 Å². The molecule has 0 heterocycles. The second-order valence-electron chi connectivity index (χ2n) is 4.34. The second kappa shape index (κ2) is 5.88. The highest BCUT2D eigenvalue weighted by molar-refractivity contribution is 6.33. The third kappa shape index (κ3) is 3.24. The number of halogens is 2. The lowest BCUT2D eigenvalue weighted by Crippen LogP contribution is -2.07. The highest BCUT2D eigenvalue weighted by Crippen LogP contribution is 2.27. The Labute approximate surface area is 120 Å². The minimum absolute atomic E-state index is 0.0322. The van der Waals surface area contributed by atoms with Crippen LogP contribution in [0.3, 0.4) is 0 Å². The van der Waals surface area contributed by atoms with Crippen molar-refractivity contribution in [1.29, 1.82) is 0 Å². The van der Waals surface area contributed by atoms with Gasteiger partial charge in [0.15, 0.2) is 0 Å². The van der Waals surface area contributed by atoms with Crippen LogP contribution in [0.5, 0.6) is 0 Å². The molecule has 0 spiro atoms. The molecular formula is C14H12ClFN2O2. The molecule has 0 radical (unpaired) electrons. The molecule has 0 saturated carbocycles. The summed E-state index contributed by atoms with van der Waals surface area (Å²) in [4.78, 5) is 10.1. The first-order valence-corrected chi connectivity index (χ1v) is 6.31. The Kier molecular flexibility index (Phi) is 4.20. The van der Waals surface area contributed by atoms with Gasteiger partial charge in [0.2, 0.25) is 0 Å². The molecule has 0 aliphatic rings. The van der Waals surface area contributed by atoms with E-state index >= 15 is 0 Å². The zero-order valence-corrected chi connectivity index (χ0v) is 11.4. The van der Waals surface area contributed by atoms with Crippen LogP contribution in [-0.4, -0.2) is 4.92 Å². The van der Waals surface area contributed by atoms with Crippen LogP contribution in [0.1, 0.15) is 18.5 Å². The highest BCUT2D eigenvalue weighted by atomic mass is 35.5. The maximum atomic E-state index is 13.2. The first-order chi connectivity index (χ1) is 9.47. The Bertz CT molecular complexity index is 632. The molecule has 1 N–H and O–H groups in total. The normalized spacial score (nSPS) is 11.9. The molecule has 104 valence electrons. The Morgan fingerprint density at radius 2 is 1.90 bits per heavy atom. The van der Waals surface area contributed by atoms with Crippen LogP contribution in [0, 0.1) is 15.9 Å². The predicted octanol–water partition coefficient (Wildman–Crippen LogP) is 4.56. The molecule has 2 aromatic carbocycles. The van der Waals surface area contributed by atoms with Gasteiger partial charge in [0.1, 0.15) is 5.82 Å². The van der Waals surface area contributed by atoms with Crippen molar-refractivity contribution in [1.82, 2.24) is 0 Å². The monoisotopic (exact) mass is 294 g/mol. The van der Waals surface area contributed by atoms with Gasteiger partial charge in [0.25, 0.3) is 5.69 Å². The molecule has 2 rings (SSSR count). The van der Waals surface area contributed by atoms with Crippen LogP contribution in [0.25, 0.3) is 0 Å². The molecule has 20 heavy (non-hydrogen) atoms. The fourth-order valence-corrected chi connectivity index (χ4v) is 1.98. The molecule has 0 saturated heterocycles. The molecule has 1 atom stereocenters. The highest BCUT2D eigenvalue weighted by Gasteiger charge is 2.11. The zero-order valence-electron chi connectivity index (χ0n) is 10.6. The van der Waals surface area contributed by atoms with Crippen molar-refractivity contribution < 1.29 is 9.31 Å². The predicted molar refractivity (Wildman–Crippen MR) is 76.5 cm³/mol. The van der Waals surface area contributed by atoms with Crippen LogP contribution < -0.4 is 5.32 Å². The van der Waals surface area contributed by atoms with Gasteiger partial charge in [-0.1, -0.05) is 23.7 Å². The molecule has 0 amide bonds. The second-order valence-corrected chi connectivity index (χ2v) is 4.75. The molecule has 0 aromatic heterocycles. The zero-order chi connectivity index (χ0) is 14.7. The van der Waals surface area contributed by atoms with Crippen molar-refractivity contribution in [3.8, 4) is 0 Å². The van der Waals surface area contributed by atoms with Gasteiger partial charge >= 0.3 is 0 Å². The molecule has 0 bridgehead atoms. The van der Waals surface area contributed by atoms with Gasteiger partial charge in [-0.15, -0.1) is 0 Å². The van der Waals surface area contributed by atoms with E-state index in [2.05, 4.69) is 5.32 Å². The minimum Gasteiger partial charge on any atom is -0.377 e. The van der Waals surface area contributed by atoms with Crippen LogP contribution in [-0.2, 0) is 0 Å². The first kappa shape index (κ1) is 14.3. The van der Waals surface area contributed by atoms with Crippen LogP contribution in [0.2, 0.25) is 5.02 Å². The van der Waals surface area contributed by atoms with Crippen LogP contribution in [0.4, 0.5) is 15.8 Å². The number of benzene rings is 2. The van der Waals surface area contributed by atoms with E-state index in [4.69, 9.17) is 11.6 Å². The Morgan fingerprint density at radius 1 is 1.25 bits per heavy atom. The lowest BCUT2D eigenvalue weighted by atomic mass is 10.1. The average Bonchev–Trinajstić information content (AvgIpc) is 2.43. The molecule has 4 nitrogen and oxygen atoms in total. The number of nitro benzene ring substituents is 1. The summed E-state index contributed by atoms with van der Waals surface area (Å²) < 4.78 is 13.2. The summed E-state index contributed by atoms with van der Waals surface area (Å²) in [6.45, 7) is 1.86. The van der Waals surface area contributed by atoms with E-state index in [0.29, 0.717) is 10.7 Å². The van der Waals surface area contributed by atoms with Gasteiger partial charge in [0, 0.05) is 18.2 Å². The van der Waals surface area contributed by atoms with Crippen LogP contribution >= 0.6 is 11.6 Å². The standard InChI is InChI=1S/C14H12ClFN2O2/c1-9(10-2-5-12(6-3-10)18(19)20)17-14-8-11(16)4-7-13(14)15/h2-9,17H,1H3. The maximum absolute atomic E-state index is 13.2. The number of hydrogen-bond acceptors (Lipinski definition) is 3. The summed E-state index contributed by atoms with van der Waals surface area (Å²) in [5.74, 6) is -0.382. The van der Waals surface area contributed by atoms with Crippen LogP contribution in [0.15, 0.2) is 42.5 Å². The fraction of sp³-hybridized carbons (Fsp3) is 0.143. The molecule has 0 aliphatic heterocycles. The van der Waals surface area contributed by atoms with Gasteiger partial charge in [-0.25, -0.2) is 4.39 Å². The summed E-state index contributed by atoms with van der Waals surface area (Å²) in [5, 5.41) is 14.1. The molecule has 1 unspecified atom stereocenters. The van der Waals surface area contributed by atoms with Gasteiger partial charge in [-0.2, -0.15) is 0 Å². The number of anilines is 1. The SMILES string of the molecule is CC(Nc1cc(F)ccc1Cl)c1ccc([N+](=O)[O-])cc1. The smallest absolute Gasteiger partial charge is 0.269 e. The Balaban J connectivity index is 2.17. The van der Waals surface area contributed by atoms with Crippen molar-refractivity contribution in [2.45, 2.75) is 13.0 Å². The van der Waals surface area contributed by atoms with E-state index in [9.17, 15) is 14.5 Å². The summed E-state index contributed by atoms with van der Waals surface area (Å²) in [5.41, 5.74) is 1.36. The van der Waals surface area contributed by atoms with Crippen molar-refractivity contribution in [3.05, 3.63) is 69.0 Å². The van der Waals surface area contributed by atoms with E-state index in [-0.39, 0.29) is 17.5 Å². The summed E-state index contributed by atoms with van der Waals surface area (Å²) in [6, 6.07) is 10.1.